The summed E-state index contributed by atoms with van der Waals surface area (Å²) in [6, 6.07) is 6.87. The minimum absolute atomic E-state index is 0.218. The van der Waals surface area contributed by atoms with E-state index in [0.717, 1.165) is 30.9 Å². The van der Waals surface area contributed by atoms with Crippen molar-refractivity contribution in [1.29, 1.82) is 0 Å². The van der Waals surface area contributed by atoms with Crippen LogP contribution in [0.5, 0.6) is 0 Å². The Balaban J connectivity index is 1.73. The van der Waals surface area contributed by atoms with Gasteiger partial charge in [0.05, 0.1) is 13.2 Å². The monoisotopic (exact) mass is 420 g/mol. The van der Waals surface area contributed by atoms with E-state index in [1.165, 1.54) is 6.07 Å². The number of nitrogens with one attached hydrogen (secondary N) is 1. The van der Waals surface area contributed by atoms with E-state index in [1.807, 2.05) is 19.9 Å². The van der Waals surface area contributed by atoms with E-state index in [9.17, 15) is 9.18 Å². The second-order valence-corrected chi connectivity index (χ2v) is 7.75. The topological polar surface area (TPSA) is 66.4 Å². The average Bonchev–Trinajstić information content (AvgIpc) is 2.77. The third-order valence-electron chi connectivity index (χ3n) is 5.86. The molecule has 3 rings (SSSR count). The molecule has 1 aromatic rings. The molecule has 1 aromatic carbocycles. The highest BCUT2D eigenvalue weighted by molar-refractivity contribution is 5.80. The van der Waals surface area contributed by atoms with E-state index in [4.69, 9.17) is 14.5 Å². The van der Waals surface area contributed by atoms with Gasteiger partial charge < -0.3 is 24.6 Å². The van der Waals surface area contributed by atoms with Gasteiger partial charge in [0.25, 0.3) is 0 Å². The molecule has 1 amide bonds. The molecule has 2 fully saturated rings. The molecule has 1 N–H and O–H groups in total. The fourth-order valence-electron chi connectivity index (χ4n) is 4.09. The molecule has 0 atom stereocenters. The molecule has 0 saturated carbocycles. The Morgan fingerprint density at radius 1 is 1.20 bits per heavy atom. The maximum absolute atomic E-state index is 13.9. The lowest BCUT2D eigenvalue weighted by molar-refractivity contribution is 0.0528. The van der Waals surface area contributed by atoms with Crippen LogP contribution in [0.1, 0.15) is 32.3 Å². The van der Waals surface area contributed by atoms with Gasteiger partial charge in [-0.25, -0.2) is 9.18 Å². The first kappa shape index (κ1) is 22.3. The van der Waals surface area contributed by atoms with Crippen LogP contribution in [0.2, 0.25) is 0 Å². The van der Waals surface area contributed by atoms with Crippen LogP contribution in [0.25, 0.3) is 0 Å². The van der Waals surface area contributed by atoms with Gasteiger partial charge in [-0.3, -0.25) is 4.99 Å². The number of aliphatic imine (C=N–C) groups is 1. The third kappa shape index (κ3) is 5.41. The first-order valence-electron chi connectivity index (χ1n) is 10.9. The first-order chi connectivity index (χ1) is 14.6. The number of amides is 1. The van der Waals surface area contributed by atoms with Gasteiger partial charge in [0.2, 0.25) is 0 Å². The van der Waals surface area contributed by atoms with E-state index in [1.54, 1.807) is 17.0 Å². The van der Waals surface area contributed by atoms with Crippen molar-refractivity contribution in [2.75, 3.05) is 59.1 Å². The number of guanidine groups is 1. The Hall–Kier alpha value is -2.35. The summed E-state index contributed by atoms with van der Waals surface area (Å²) >= 11 is 0. The SMILES string of the molecule is CCNC(=NCC1(c2cccc(F)c2)CCOCC1)N1CCN(C(=O)OCC)CC1. The van der Waals surface area contributed by atoms with Crippen LogP contribution in [0, 0.1) is 5.82 Å². The summed E-state index contributed by atoms with van der Waals surface area (Å²) < 4.78 is 24.6. The number of carbonyl (C=O) groups excluding carboxylic acids is 1. The molecule has 0 unspecified atom stereocenters. The molecule has 2 saturated heterocycles. The fraction of sp³-hybridized carbons (Fsp3) is 0.636. The zero-order valence-corrected chi connectivity index (χ0v) is 18.0. The predicted octanol–water partition coefficient (Wildman–Crippen LogP) is 2.61. The molecule has 2 aliphatic rings. The van der Waals surface area contributed by atoms with Gasteiger partial charge in [-0.05, 0) is 44.4 Å². The molecule has 30 heavy (non-hydrogen) atoms. The van der Waals surface area contributed by atoms with Crippen LogP contribution in [-0.2, 0) is 14.9 Å². The molecule has 8 heteroatoms. The predicted molar refractivity (Wildman–Crippen MR) is 114 cm³/mol. The number of hydrogen-bond donors (Lipinski definition) is 1. The molecule has 0 bridgehead atoms. The van der Waals surface area contributed by atoms with Gasteiger partial charge >= 0.3 is 6.09 Å². The number of benzene rings is 1. The smallest absolute Gasteiger partial charge is 0.409 e. The van der Waals surface area contributed by atoms with Crippen LogP contribution < -0.4 is 5.32 Å². The lowest BCUT2D eigenvalue weighted by Gasteiger charge is -2.38. The molecular weight excluding hydrogens is 387 g/mol. The van der Waals surface area contributed by atoms with E-state index >= 15 is 0 Å². The Labute approximate surface area is 178 Å². The van der Waals surface area contributed by atoms with Crippen LogP contribution in [0.3, 0.4) is 0 Å². The summed E-state index contributed by atoms with van der Waals surface area (Å²) in [5.41, 5.74) is 0.755. The van der Waals surface area contributed by atoms with Gasteiger partial charge in [0.15, 0.2) is 5.96 Å². The molecule has 2 aliphatic heterocycles. The summed E-state index contributed by atoms with van der Waals surface area (Å²) in [5.74, 6) is 0.618. The summed E-state index contributed by atoms with van der Waals surface area (Å²) in [6.45, 7) is 9.47. The summed E-state index contributed by atoms with van der Waals surface area (Å²) in [4.78, 5) is 20.8. The van der Waals surface area contributed by atoms with E-state index in [0.29, 0.717) is 52.5 Å². The summed E-state index contributed by atoms with van der Waals surface area (Å²) in [7, 11) is 0. The van der Waals surface area contributed by atoms with Crippen molar-refractivity contribution >= 4 is 12.1 Å². The zero-order chi connectivity index (χ0) is 21.4. The van der Waals surface area contributed by atoms with E-state index in [2.05, 4.69) is 10.2 Å². The standard InChI is InChI=1S/C22H33FN4O3/c1-3-24-20(26-10-12-27(13-11-26)21(28)30-4-2)25-17-22(8-14-29-15-9-22)18-6-5-7-19(23)16-18/h5-7,16H,3-4,8-15,17H2,1-2H3,(H,24,25). The van der Waals surface area contributed by atoms with Crippen LogP contribution in [-0.4, -0.2) is 80.9 Å². The van der Waals surface area contributed by atoms with Crippen molar-refractivity contribution in [3.05, 3.63) is 35.6 Å². The van der Waals surface area contributed by atoms with Gasteiger partial charge in [-0.15, -0.1) is 0 Å². The normalized spacial score (nSPS) is 19.5. The van der Waals surface area contributed by atoms with Crippen molar-refractivity contribution in [1.82, 2.24) is 15.1 Å². The number of halogens is 1. The van der Waals surface area contributed by atoms with E-state index < -0.39 is 0 Å². The second kappa shape index (κ2) is 10.6. The van der Waals surface area contributed by atoms with Gasteiger partial charge in [-0.1, -0.05) is 12.1 Å². The number of nitrogens with zero attached hydrogens (tertiary/aromatic N) is 3. The maximum atomic E-state index is 13.9. The second-order valence-electron chi connectivity index (χ2n) is 7.75. The van der Waals surface area contributed by atoms with Crippen molar-refractivity contribution in [2.24, 2.45) is 4.99 Å². The molecule has 2 heterocycles. The lowest BCUT2D eigenvalue weighted by atomic mass is 9.74. The van der Waals surface area contributed by atoms with Crippen LogP contribution in [0.4, 0.5) is 9.18 Å². The van der Waals surface area contributed by atoms with Crippen LogP contribution >= 0.6 is 0 Å². The van der Waals surface area contributed by atoms with Crippen molar-refractivity contribution in [3.63, 3.8) is 0 Å². The minimum atomic E-state index is -0.258. The minimum Gasteiger partial charge on any atom is -0.450 e. The summed E-state index contributed by atoms with van der Waals surface area (Å²) in [6.07, 6.45) is 1.37. The van der Waals surface area contributed by atoms with Crippen molar-refractivity contribution < 1.29 is 18.7 Å². The van der Waals surface area contributed by atoms with Gasteiger partial charge in [-0.2, -0.15) is 0 Å². The summed E-state index contributed by atoms with van der Waals surface area (Å²) in [5, 5.41) is 3.38. The quantitative estimate of drug-likeness (QED) is 0.586. The Morgan fingerprint density at radius 3 is 2.53 bits per heavy atom. The molecule has 166 valence electrons. The molecule has 0 radical (unpaired) electrons. The lowest BCUT2D eigenvalue weighted by Crippen LogP contribution is -2.54. The Kier molecular flexibility index (Phi) is 7.90. The first-order valence-corrected chi connectivity index (χ1v) is 10.9. The number of rotatable bonds is 5. The van der Waals surface area contributed by atoms with Gasteiger partial charge in [0.1, 0.15) is 5.82 Å². The Bertz CT molecular complexity index is 729. The number of ether oxygens (including phenoxy) is 2. The van der Waals surface area contributed by atoms with E-state index in [-0.39, 0.29) is 17.3 Å². The molecule has 7 nitrogen and oxygen atoms in total. The van der Waals surface area contributed by atoms with Gasteiger partial charge in [0, 0.05) is 51.4 Å². The molecule has 0 aliphatic carbocycles. The number of hydrogen-bond acceptors (Lipinski definition) is 4. The molecular formula is C22H33FN4O3. The maximum Gasteiger partial charge on any atom is 0.409 e. The number of piperazine rings is 1. The third-order valence-corrected chi connectivity index (χ3v) is 5.86. The largest absolute Gasteiger partial charge is 0.450 e. The highest BCUT2D eigenvalue weighted by Crippen LogP contribution is 2.35. The molecule has 0 aromatic heterocycles. The number of carbonyl (C=O) groups is 1. The highest BCUT2D eigenvalue weighted by Gasteiger charge is 2.35. The Morgan fingerprint density at radius 2 is 1.90 bits per heavy atom. The fourth-order valence-corrected chi connectivity index (χ4v) is 4.09. The average molecular weight is 421 g/mol. The highest BCUT2D eigenvalue weighted by atomic mass is 19.1. The molecule has 0 spiro atoms. The van der Waals surface area contributed by atoms with Crippen LogP contribution in [0.15, 0.2) is 29.3 Å². The van der Waals surface area contributed by atoms with Crippen molar-refractivity contribution in [2.45, 2.75) is 32.1 Å². The zero-order valence-electron chi connectivity index (χ0n) is 18.0. The van der Waals surface area contributed by atoms with Crippen molar-refractivity contribution in [3.8, 4) is 0 Å².